The van der Waals surface area contributed by atoms with E-state index in [4.69, 9.17) is 0 Å². The van der Waals surface area contributed by atoms with Gasteiger partial charge in [-0.25, -0.2) is 0 Å². The zero-order valence-electron chi connectivity index (χ0n) is 7.37. The van der Waals surface area contributed by atoms with Crippen molar-refractivity contribution in [3.8, 4) is 0 Å². The quantitative estimate of drug-likeness (QED) is 0.479. The van der Waals surface area contributed by atoms with Gasteiger partial charge in [0.25, 0.3) is 0 Å². The summed E-state index contributed by atoms with van der Waals surface area (Å²) in [5, 5.41) is 0. The van der Waals surface area contributed by atoms with E-state index in [1.165, 1.54) is 0 Å². The lowest BCUT2D eigenvalue weighted by molar-refractivity contribution is 0.676. The summed E-state index contributed by atoms with van der Waals surface area (Å²) in [7, 11) is -0.591. The molecule has 0 aromatic carbocycles. The van der Waals surface area contributed by atoms with Crippen LogP contribution in [0.3, 0.4) is 0 Å². The monoisotopic (exact) mass is 226 g/mol. The summed E-state index contributed by atoms with van der Waals surface area (Å²) >= 11 is 8.20. The van der Waals surface area contributed by atoms with Crippen LogP contribution in [-0.4, -0.2) is 27.2 Å². The van der Waals surface area contributed by atoms with E-state index in [2.05, 4.69) is 25.3 Å². The van der Waals surface area contributed by atoms with Crippen LogP contribution in [0.5, 0.6) is 0 Å². The molecule has 0 spiro atoms. The van der Waals surface area contributed by atoms with Crippen molar-refractivity contribution < 1.29 is 4.21 Å². The third-order valence-electron chi connectivity index (χ3n) is 1.56. The lowest BCUT2D eigenvalue weighted by Crippen LogP contribution is -2.03. The molecule has 74 valence electrons. The van der Waals surface area contributed by atoms with E-state index >= 15 is 0 Å². The van der Waals surface area contributed by atoms with Crippen LogP contribution >= 0.6 is 25.3 Å². The number of rotatable bonds is 8. The molecule has 0 aromatic rings. The Morgan fingerprint density at radius 3 is 1.58 bits per heavy atom. The Hall–Kier alpha value is 0.850. The van der Waals surface area contributed by atoms with Gasteiger partial charge in [-0.05, 0) is 37.2 Å². The zero-order chi connectivity index (χ0) is 9.23. The molecule has 0 rings (SSSR count). The van der Waals surface area contributed by atoms with Crippen molar-refractivity contribution in [1.29, 1.82) is 0 Å². The van der Waals surface area contributed by atoms with Gasteiger partial charge in [0.05, 0.1) is 0 Å². The standard InChI is InChI=1S/C8H18OS3/c9-12(7-3-1-5-10)8-4-2-6-11/h10-11H,1-8H2. The zero-order valence-corrected chi connectivity index (χ0v) is 9.97. The van der Waals surface area contributed by atoms with Gasteiger partial charge in [0.2, 0.25) is 0 Å². The third kappa shape index (κ3) is 8.94. The highest BCUT2D eigenvalue weighted by atomic mass is 32.2. The molecule has 0 N–H and O–H groups in total. The topological polar surface area (TPSA) is 17.1 Å². The molecule has 0 radical (unpaired) electrons. The van der Waals surface area contributed by atoms with Gasteiger partial charge >= 0.3 is 0 Å². The number of unbranched alkanes of at least 4 members (excludes halogenated alkanes) is 2. The molecular weight excluding hydrogens is 208 g/mol. The van der Waals surface area contributed by atoms with Crippen LogP contribution in [0.2, 0.25) is 0 Å². The molecule has 0 aromatic heterocycles. The summed E-state index contributed by atoms with van der Waals surface area (Å²) in [4.78, 5) is 0. The van der Waals surface area contributed by atoms with Crippen molar-refractivity contribution in [1.82, 2.24) is 0 Å². The van der Waals surface area contributed by atoms with Crippen molar-refractivity contribution >= 4 is 36.1 Å². The lowest BCUT2D eigenvalue weighted by atomic mass is 10.4. The van der Waals surface area contributed by atoms with E-state index in [1.54, 1.807) is 0 Å². The average molecular weight is 226 g/mol. The molecule has 0 amide bonds. The maximum Gasteiger partial charge on any atom is 0.0235 e. The van der Waals surface area contributed by atoms with E-state index < -0.39 is 10.8 Å². The Bertz CT molecular complexity index is 105. The fraction of sp³-hybridized carbons (Fsp3) is 1.00. The second-order valence-electron chi connectivity index (χ2n) is 2.71. The van der Waals surface area contributed by atoms with Crippen LogP contribution in [-0.2, 0) is 10.8 Å². The molecule has 0 aliphatic heterocycles. The van der Waals surface area contributed by atoms with Crippen molar-refractivity contribution in [3.63, 3.8) is 0 Å². The molecule has 0 saturated carbocycles. The van der Waals surface area contributed by atoms with Gasteiger partial charge in [-0.1, -0.05) is 0 Å². The van der Waals surface area contributed by atoms with Crippen LogP contribution in [0.15, 0.2) is 0 Å². The molecule has 12 heavy (non-hydrogen) atoms. The van der Waals surface area contributed by atoms with Gasteiger partial charge in [0.1, 0.15) is 0 Å². The molecule has 0 unspecified atom stereocenters. The molecule has 0 heterocycles. The van der Waals surface area contributed by atoms with Gasteiger partial charge in [0, 0.05) is 22.3 Å². The summed E-state index contributed by atoms with van der Waals surface area (Å²) < 4.78 is 11.3. The second kappa shape index (κ2) is 9.93. The predicted octanol–water partition coefficient (Wildman–Crippen LogP) is 2.16. The van der Waals surface area contributed by atoms with Crippen LogP contribution in [0.1, 0.15) is 25.7 Å². The fourth-order valence-corrected chi connectivity index (χ4v) is 2.56. The Kier molecular flexibility index (Phi) is 10.6. The van der Waals surface area contributed by atoms with Crippen LogP contribution in [0.25, 0.3) is 0 Å². The Morgan fingerprint density at radius 2 is 1.25 bits per heavy atom. The molecule has 4 heteroatoms. The first-order chi connectivity index (χ1) is 5.81. The second-order valence-corrected chi connectivity index (χ2v) is 5.30. The molecule has 0 bridgehead atoms. The Morgan fingerprint density at radius 1 is 0.833 bits per heavy atom. The summed E-state index contributed by atoms with van der Waals surface area (Å²) in [5.74, 6) is 3.53. The molecule has 0 fully saturated rings. The first-order valence-corrected chi connectivity index (χ1v) is 7.13. The van der Waals surface area contributed by atoms with Crippen molar-refractivity contribution in [2.45, 2.75) is 25.7 Å². The summed E-state index contributed by atoms with van der Waals surface area (Å²) in [6, 6.07) is 0. The molecule has 0 aliphatic rings. The number of hydrogen-bond acceptors (Lipinski definition) is 3. The first-order valence-electron chi connectivity index (χ1n) is 4.38. The average Bonchev–Trinajstić information content (AvgIpc) is 2.06. The van der Waals surface area contributed by atoms with Gasteiger partial charge in [-0.2, -0.15) is 25.3 Å². The van der Waals surface area contributed by atoms with Crippen LogP contribution < -0.4 is 0 Å². The minimum atomic E-state index is -0.591. The minimum Gasteiger partial charge on any atom is -0.260 e. The highest BCUT2D eigenvalue weighted by molar-refractivity contribution is 7.85. The van der Waals surface area contributed by atoms with E-state index in [0.717, 1.165) is 48.7 Å². The number of hydrogen-bond donors (Lipinski definition) is 2. The molecule has 1 nitrogen and oxygen atoms in total. The maximum atomic E-state index is 11.3. The Balaban J connectivity index is 3.10. The minimum absolute atomic E-state index is 0.591. The van der Waals surface area contributed by atoms with E-state index in [9.17, 15) is 4.21 Å². The maximum absolute atomic E-state index is 11.3. The van der Waals surface area contributed by atoms with E-state index in [1.807, 2.05) is 0 Å². The van der Waals surface area contributed by atoms with Crippen molar-refractivity contribution in [2.75, 3.05) is 23.0 Å². The smallest absolute Gasteiger partial charge is 0.0235 e. The lowest BCUT2D eigenvalue weighted by Gasteiger charge is -1.99. The largest absolute Gasteiger partial charge is 0.260 e. The van der Waals surface area contributed by atoms with E-state index in [0.29, 0.717) is 0 Å². The first kappa shape index (κ1) is 12.8. The van der Waals surface area contributed by atoms with Gasteiger partial charge in [0.15, 0.2) is 0 Å². The van der Waals surface area contributed by atoms with E-state index in [-0.39, 0.29) is 0 Å². The summed E-state index contributed by atoms with van der Waals surface area (Å²) in [6.45, 7) is 0. The Labute approximate surface area is 89.0 Å². The normalized spacial score (nSPS) is 10.9. The molecule has 0 aliphatic carbocycles. The third-order valence-corrected chi connectivity index (χ3v) is 3.68. The van der Waals surface area contributed by atoms with Gasteiger partial charge < -0.3 is 0 Å². The van der Waals surface area contributed by atoms with Gasteiger partial charge in [-0.3, -0.25) is 4.21 Å². The highest BCUT2D eigenvalue weighted by Crippen LogP contribution is 1.99. The predicted molar refractivity (Wildman–Crippen MR) is 64.1 cm³/mol. The SMILES string of the molecule is O=S(CCCCS)CCCCS. The van der Waals surface area contributed by atoms with Crippen molar-refractivity contribution in [2.24, 2.45) is 0 Å². The molecular formula is C8H18OS3. The van der Waals surface area contributed by atoms with Crippen molar-refractivity contribution in [3.05, 3.63) is 0 Å². The molecule has 0 saturated heterocycles. The van der Waals surface area contributed by atoms with Gasteiger partial charge in [-0.15, -0.1) is 0 Å². The fourth-order valence-electron chi connectivity index (χ4n) is 0.852. The molecule has 0 atom stereocenters. The van der Waals surface area contributed by atoms with Crippen LogP contribution in [0.4, 0.5) is 0 Å². The highest BCUT2D eigenvalue weighted by Gasteiger charge is 1.98. The van der Waals surface area contributed by atoms with Crippen LogP contribution in [0, 0.1) is 0 Å². The summed E-state index contributed by atoms with van der Waals surface area (Å²) in [5.41, 5.74) is 0. The number of thiol groups is 2. The summed E-state index contributed by atoms with van der Waals surface area (Å²) in [6.07, 6.45) is 4.27.